The highest BCUT2D eigenvalue weighted by Gasteiger charge is 2.27. The molecular weight excluding hydrogens is 515 g/mol. The lowest BCUT2D eigenvalue weighted by molar-refractivity contribution is 0.0602. The minimum atomic E-state index is -0.779. The Morgan fingerprint density at radius 2 is 1.88 bits per heavy atom. The summed E-state index contributed by atoms with van der Waals surface area (Å²) in [6, 6.07) is 7.46. The second kappa shape index (κ2) is 11.7. The molecule has 2 aromatic carbocycles. The molecule has 10 heteroatoms. The summed E-state index contributed by atoms with van der Waals surface area (Å²) in [4.78, 5) is 39.1. The number of carbonyl (C=O) groups excluding carboxylic acids is 2. The van der Waals surface area contributed by atoms with E-state index in [0.29, 0.717) is 30.3 Å². The van der Waals surface area contributed by atoms with Gasteiger partial charge in [0.25, 0.3) is 5.91 Å². The number of nitrogens with zero attached hydrogens (tertiary/aromatic N) is 3. The lowest BCUT2D eigenvalue weighted by atomic mass is 9.86. The molecule has 2 aliphatic rings. The van der Waals surface area contributed by atoms with Crippen molar-refractivity contribution < 1.29 is 23.5 Å². The van der Waals surface area contributed by atoms with Gasteiger partial charge in [0.2, 0.25) is 0 Å². The van der Waals surface area contributed by atoms with E-state index in [2.05, 4.69) is 10.4 Å². The number of ether oxygens (including phenoxy) is 2. The third-order valence-electron chi connectivity index (χ3n) is 8.04. The van der Waals surface area contributed by atoms with Crippen LogP contribution < -0.4 is 15.7 Å². The van der Waals surface area contributed by atoms with Gasteiger partial charge in [-0.3, -0.25) is 9.36 Å². The second-order valence-electron chi connectivity index (χ2n) is 10.7. The van der Waals surface area contributed by atoms with Crippen molar-refractivity contribution >= 4 is 17.6 Å². The van der Waals surface area contributed by atoms with E-state index in [1.807, 2.05) is 6.92 Å². The Morgan fingerprint density at radius 1 is 1.10 bits per heavy atom. The number of carbonyl (C=O) groups is 2. The van der Waals surface area contributed by atoms with Gasteiger partial charge in [0.05, 0.1) is 30.0 Å². The fraction of sp³-hybridized carbons (Fsp3) is 0.467. The first-order valence-corrected chi connectivity index (χ1v) is 14.0. The number of aromatic nitrogens is 3. The van der Waals surface area contributed by atoms with Crippen molar-refractivity contribution in [1.29, 1.82) is 0 Å². The molecule has 1 atom stereocenters. The first kappa shape index (κ1) is 27.6. The number of rotatable bonds is 7. The molecule has 1 aliphatic carbocycles. The Kier molecular flexibility index (Phi) is 8.04. The van der Waals surface area contributed by atoms with Gasteiger partial charge in [-0.15, -0.1) is 5.10 Å². The Hall–Kier alpha value is -3.95. The summed E-state index contributed by atoms with van der Waals surface area (Å²) in [5.74, 6) is -0.969. The molecule has 1 aromatic heterocycles. The van der Waals surface area contributed by atoms with Gasteiger partial charge in [-0.2, -0.15) is 4.68 Å². The zero-order chi connectivity index (χ0) is 28.4. The molecule has 1 N–H and O–H groups in total. The molecule has 0 unspecified atom stereocenters. The first-order valence-electron chi connectivity index (χ1n) is 14.0. The predicted octanol–water partition coefficient (Wildman–Crippen LogP) is 5.20. The maximum atomic E-state index is 15.7. The van der Waals surface area contributed by atoms with Crippen molar-refractivity contribution in [2.24, 2.45) is 5.92 Å². The molecule has 212 valence electrons. The van der Waals surface area contributed by atoms with Crippen LogP contribution in [-0.4, -0.2) is 39.4 Å². The van der Waals surface area contributed by atoms with Crippen molar-refractivity contribution in [2.45, 2.75) is 77.9 Å². The van der Waals surface area contributed by atoms with Crippen LogP contribution in [0.15, 0.2) is 35.1 Å². The zero-order valence-corrected chi connectivity index (χ0v) is 23.2. The second-order valence-corrected chi connectivity index (χ2v) is 10.7. The van der Waals surface area contributed by atoms with Gasteiger partial charge in [0.1, 0.15) is 23.1 Å². The summed E-state index contributed by atoms with van der Waals surface area (Å²) in [5.41, 5.74) is 0.566. The number of benzene rings is 2. The topological polar surface area (TPSA) is 104 Å². The molecule has 9 nitrogen and oxygen atoms in total. The zero-order valence-electron chi connectivity index (χ0n) is 23.2. The van der Waals surface area contributed by atoms with Crippen molar-refractivity contribution in [3.63, 3.8) is 0 Å². The molecule has 40 heavy (non-hydrogen) atoms. The minimum Gasteiger partial charge on any atom is -0.490 e. The number of fused-ring (bicyclic) bond motifs is 1. The van der Waals surface area contributed by atoms with Crippen molar-refractivity contribution in [1.82, 2.24) is 14.3 Å². The van der Waals surface area contributed by atoms with Crippen LogP contribution in [0.25, 0.3) is 5.69 Å². The van der Waals surface area contributed by atoms with Gasteiger partial charge in [-0.05, 0) is 63.1 Å². The summed E-state index contributed by atoms with van der Waals surface area (Å²) < 4.78 is 29.5. The third-order valence-corrected chi connectivity index (χ3v) is 8.04. The van der Waals surface area contributed by atoms with Crippen molar-refractivity contribution in [2.75, 3.05) is 12.4 Å². The number of esters is 1. The minimum absolute atomic E-state index is 0.0417. The van der Waals surface area contributed by atoms with Crippen molar-refractivity contribution in [3.05, 3.63) is 69.1 Å². The van der Waals surface area contributed by atoms with Crippen LogP contribution in [0.2, 0.25) is 0 Å². The first-order chi connectivity index (χ1) is 19.3. The highest BCUT2D eigenvalue weighted by Crippen LogP contribution is 2.33. The van der Waals surface area contributed by atoms with E-state index in [-0.39, 0.29) is 34.4 Å². The molecule has 3 aromatic rings. The van der Waals surface area contributed by atoms with Gasteiger partial charge in [0.15, 0.2) is 0 Å². The van der Waals surface area contributed by atoms with Gasteiger partial charge in [-0.1, -0.05) is 31.4 Å². The molecule has 1 saturated carbocycles. The van der Waals surface area contributed by atoms with Crippen LogP contribution in [0.1, 0.15) is 84.0 Å². The normalized spacial score (nSPS) is 16.2. The quantitative estimate of drug-likeness (QED) is 0.406. The number of amides is 1. The molecule has 0 saturated heterocycles. The SMILES string of the molecule is COC(=O)c1cccc(C)c1NC(=O)c1cc(F)c(-n2nc3n(c2=O)CCCC3)cc1O[C@H](C)C1CCCCC1. The van der Waals surface area contributed by atoms with Gasteiger partial charge in [-0.25, -0.2) is 14.0 Å². The molecule has 0 bridgehead atoms. The van der Waals surface area contributed by atoms with Crippen molar-refractivity contribution in [3.8, 4) is 11.4 Å². The van der Waals surface area contributed by atoms with E-state index < -0.39 is 23.4 Å². The average Bonchev–Trinajstić information content (AvgIpc) is 3.30. The Labute approximate surface area is 232 Å². The van der Waals surface area contributed by atoms with E-state index >= 15 is 4.39 Å². The monoisotopic (exact) mass is 550 g/mol. The van der Waals surface area contributed by atoms with E-state index in [0.717, 1.165) is 49.3 Å². The summed E-state index contributed by atoms with van der Waals surface area (Å²) in [5, 5.41) is 7.17. The molecule has 1 aliphatic heterocycles. The molecule has 2 heterocycles. The lowest BCUT2D eigenvalue weighted by Crippen LogP contribution is -2.28. The smallest absolute Gasteiger partial charge is 0.350 e. The third kappa shape index (κ3) is 5.39. The maximum Gasteiger partial charge on any atom is 0.350 e. The number of methoxy groups -OCH3 is 1. The van der Waals surface area contributed by atoms with E-state index in [1.165, 1.54) is 19.6 Å². The van der Waals surface area contributed by atoms with Crippen LogP contribution in [0.5, 0.6) is 5.75 Å². The Morgan fingerprint density at radius 3 is 2.60 bits per heavy atom. The molecule has 1 fully saturated rings. The predicted molar refractivity (Wildman–Crippen MR) is 148 cm³/mol. The molecule has 0 spiro atoms. The number of para-hydroxylation sites is 1. The standard InChI is InChI=1S/C30H35FN4O5/c1-18-10-9-13-21(29(37)39-3)27(18)32-28(36)22-16-23(31)24(35-30(38)34-15-8-7-14-26(34)33-35)17-25(22)40-19(2)20-11-5-4-6-12-20/h9-10,13,16-17,19-20H,4-8,11-12,14-15H2,1-3H3,(H,32,36)/t19-/m1/s1. The van der Waals surface area contributed by atoms with Gasteiger partial charge >= 0.3 is 11.7 Å². The Balaban J connectivity index is 1.56. The average molecular weight is 551 g/mol. The van der Waals surface area contributed by atoms with E-state index in [4.69, 9.17) is 9.47 Å². The van der Waals surface area contributed by atoms with Crippen LogP contribution in [0.3, 0.4) is 0 Å². The summed E-state index contributed by atoms with van der Waals surface area (Å²) in [7, 11) is 1.26. The fourth-order valence-corrected chi connectivity index (χ4v) is 5.73. The van der Waals surface area contributed by atoms with Crippen LogP contribution in [0.4, 0.5) is 10.1 Å². The number of hydrogen-bond donors (Lipinski definition) is 1. The number of anilines is 1. The molecule has 1 amide bonds. The van der Waals surface area contributed by atoms with E-state index in [9.17, 15) is 14.4 Å². The van der Waals surface area contributed by atoms with Crippen LogP contribution >= 0.6 is 0 Å². The molecular formula is C30H35FN4O5. The highest BCUT2D eigenvalue weighted by molar-refractivity contribution is 6.10. The summed E-state index contributed by atoms with van der Waals surface area (Å²) in [6.07, 6.45) is 7.61. The van der Waals surface area contributed by atoms with Gasteiger partial charge in [0, 0.05) is 19.0 Å². The largest absolute Gasteiger partial charge is 0.490 e. The number of aryl methyl sites for hydroxylation is 2. The van der Waals surface area contributed by atoms with Gasteiger partial charge < -0.3 is 14.8 Å². The summed E-state index contributed by atoms with van der Waals surface area (Å²) in [6.45, 7) is 4.25. The lowest BCUT2D eigenvalue weighted by Gasteiger charge is -2.29. The van der Waals surface area contributed by atoms with Crippen LogP contribution in [0, 0.1) is 18.7 Å². The number of hydrogen-bond acceptors (Lipinski definition) is 6. The number of nitrogens with one attached hydrogen (secondary N) is 1. The number of halogens is 1. The maximum absolute atomic E-state index is 15.7. The Bertz CT molecular complexity index is 1490. The molecule has 0 radical (unpaired) electrons. The van der Waals surface area contributed by atoms with Crippen LogP contribution in [-0.2, 0) is 17.7 Å². The van der Waals surface area contributed by atoms with E-state index in [1.54, 1.807) is 29.7 Å². The fourth-order valence-electron chi connectivity index (χ4n) is 5.73. The highest BCUT2D eigenvalue weighted by atomic mass is 19.1. The summed E-state index contributed by atoms with van der Waals surface area (Å²) >= 11 is 0. The molecule has 5 rings (SSSR count).